The molecule has 0 aromatic rings. The summed E-state index contributed by atoms with van der Waals surface area (Å²) < 4.78 is 0. The van der Waals surface area contributed by atoms with E-state index in [9.17, 15) is 0 Å². The van der Waals surface area contributed by atoms with Gasteiger partial charge in [0.1, 0.15) is 0 Å². The molecule has 1 saturated carbocycles. The van der Waals surface area contributed by atoms with Crippen molar-refractivity contribution in [2.75, 3.05) is 6.54 Å². The topological polar surface area (TPSA) is 12.0 Å². The molecule has 1 nitrogen and oxygen atoms in total. The third kappa shape index (κ3) is 7.56. The van der Waals surface area contributed by atoms with E-state index in [-0.39, 0.29) is 31.1 Å². The second-order valence-corrected chi connectivity index (χ2v) is 5.70. The standard InChI is InChI=1S/C10H19N.2C3H7.U/c1-3-8(2)4-10-5-9(6-10)11-7-10;2*1-3-2;/h8-9,11H,3-7H2,1-2H3;2*1,3H2,2H3;/q;2*-1;+2. The molecule has 1 N–H and O–H groups in total. The molecule has 1 atom stereocenters. The van der Waals surface area contributed by atoms with Crippen molar-refractivity contribution < 1.29 is 31.1 Å². The van der Waals surface area contributed by atoms with Crippen LogP contribution in [0.2, 0.25) is 0 Å². The largest absolute Gasteiger partial charge is 2.00 e. The third-order valence-electron chi connectivity index (χ3n) is 3.60. The molecule has 2 heteroatoms. The predicted molar refractivity (Wildman–Crippen MR) is 78.8 cm³/mol. The molecule has 3 rings (SSSR count). The summed E-state index contributed by atoms with van der Waals surface area (Å²) in [6, 6.07) is 0.902. The van der Waals surface area contributed by atoms with Gasteiger partial charge in [-0.15, -0.1) is 0 Å². The Morgan fingerprint density at radius 2 is 1.61 bits per heavy atom. The summed E-state index contributed by atoms with van der Waals surface area (Å²) in [5, 5.41) is 3.56. The van der Waals surface area contributed by atoms with Crippen molar-refractivity contribution in [3.8, 4) is 0 Å². The Kier molecular flexibility index (Phi) is 14.0. The average Bonchev–Trinajstić information content (AvgIpc) is 2.79. The fourth-order valence-electron chi connectivity index (χ4n) is 2.76. The second kappa shape index (κ2) is 11.8. The SMILES string of the molecule is CCC(C)CC12CNC(C1)C2.[CH2-]CC.[CH2-]CC.[U+2]. The van der Waals surface area contributed by atoms with Crippen molar-refractivity contribution in [3.63, 3.8) is 0 Å². The van der Waals surface area contributed by atoms with Gasteiger partial charge in [-0.1, -0.05) is 34.1 Å². The Morgan fingerprint density at radius 1 is 1.17 bits per heavy atom. The van der Waals surface area contributed by atoms with Crippen LogP contribution in [0.15, 0.2) is 0 Å². The van der Waals surface area contributed by atoms with Crippen LogP contribution in [0, 0.1) is 56.3 Å². The van der Waals surface area contributed by atoms with Crippen molar-refractivity contribution in [1.29, 1.82) is 0 Å². The van der Waals surface area contributed by atoms with Gasteiger partial charge >= 0.3 is 31.1 Å². The van der Waals surface area contributed by atoms with Crippen molar-refractivity contribution in [2.24, 2.45) is 11.3 Å². The van der Waals surface area contributed by atoms with Gasteiger partial charge in [-0.05, 0) is 30.6 Å². The summed E-state index contributed by atoms with van der Waals surface area (Å²) in [7, 11) is 0. The normalized spacial score (nSPS) is 28.7. The zero-order chi connectivity index (χ0) is 13.3. The predicted octanol–water partition coefficient (Wildman–Crippen LogP) is 4.64. The monoisotopic (exact) mass is 477 g/mol. The average molecular weight is 477 g/mol. The van der Waals surface area contributed by atoms with Crippen LogP contribution >= 0.6 is 0 Å². The van der Waals surface area contributed by atoms with E-state index in [1.807, 2.05) is 13.8 Å². The van der Waals surface area contributed by atoms with Gasteiger partial charge in [-0.25, -0.2) is 0 Å². The summed E-state index contributed by atoms with van der Waals surface area (Å²) in [6.45, 7) is 17.0. The van der Waals surface area contributed by atoms with E-state index in [0.29, 0.717) is 0 Å². The van der Waals surface area contributed by atoms with E-state index in [2.05, 4.69) is 33.0 Å². The molecule has 2 aliphatic heterocycles. The van der Waals surface area contributed by atoms with Gasteiger partial charge in [-0.3, -0.25) is 0 Å². The van der Waals surface area contributed by atoms with Crippen LogP contribution in [-0.4, -0.2) is 12.6 Å². The van der Waals surface area contributed by atoms with E-state index in [1.54, 1.807) is 0 Å². The number of rotatable bonds is 3. The summed E-state index contributed by atoms with van der Waals surface area (Å²) in [5.74, 6) is 0.941. The fraction of sp³-hybridized carbons (Fsp3) is 0.875. The molecular formula is C16H33NU. The molecule has 106 valence electrons. The van der Waals surface area contributed by atoms with Gasteiger partial charge in [0, 0.05) is 12.6 Å². The van der Waals surface area contributed by atoms with Gasteiger partial charge in [-0.2, -0.15) is 12.8 Å². The first-order valence-corrected chi connectivity index (χ1v) is 7.39. The van der Waals surface area contributed by atoms with E-state index < -0.39 is 0 Å². The van der Waals surface area contributed by atoms with Crippen molar-refractivity contribution in [1.82, 2.24) is 5.32 Å². The van der Waals surface area contributed by atoms with Crippen LogP contribution in [0.25, 0.3) is 0 Å². The Labute approximate surface area is 140 Å². The fourth-order valence-corrected chi connectivity index (χ4v) is 2.76. The maximum Gasteiger partial charge on any atom is 2.00 e. The minimum absolute atomic E-state index is 0. The van der Waals surface area contributed by atoms with E-state index in [0.717, 1.165) is 30.2 Å². The zero-order valence-electron chi connectivity index (χ0n) is 13.0. The smallest absolute Gasteiger partial charge is 0.344 e. The number of hydrogen-bond acceptors (Lipinski definition) is 1. The molecule has 2 bridgehead atoms. The molecule has 2 saturated heterocycles. The molecule has 3 aliphatic rings. The zero-order valence-corrected chi connectivity index (χ0v) is 17.2. The maximum atomic E-state index is 3.56. The number of hydrogen-bond donors (Lipinski definition) is 1. The number of fused-ring (bicyclic) bond motifs is 1. The Hall–Kier alpha value is 1.01. The quantitative estimate of drug-likeness (QED) is 0.585. The summed E-state index contributed by atoms with van der Waals surface area (Å²) in [6.07, 6.45) is 7.76. The van der Waals surface area contributed by atoms with E-state index in [1.165, 1.54) is 32.2 Å². The minimum atomic E-state index is 0. The van der Waals surface area contributed by atoms with Gasteiger partial charge in [0.2, 0.25) is 0 Å². The first-order valence-electron chi connectivity index (χ1n) is 7.39. The van der Waals surface area contributed by atoms with Crippen LogP contribution in [-0.2, 0) is 0 Å². The van der Waals surface area contributed by atoms with Crippen LogP contribution in [0.3, 0.4) is 0 Å². The summed E-state index contributed by atoms with van der Waals surface area (Å²) in [4.78, 5) is 0. The van der Waals surface area contributed by atoms with Crippen LogP contribution < -0.4 is 5.32 Å². The molecule has 2 heterocycles. The Balaban J connectivity index is 0. The van der Waals surface area contributed by atoms with E-state index in [4.69, 9.17) is 0 Å². The van der Waals surface area contributed by atoms with Crippen molar-refractivity contribution in [3.05, 3.63) is 13.8 Å². The minimum Gasteiger partial charge on any atom is -0.344 e. The van der Waals surface area contributed by atoms with Crippen LogP contribution in [0.1, 0.15) is 66.2 Å². The van der Waals surface area contributed by atoms with Gasteiger partial charge in [0.25, 0.3) is 0 Å². The van der Waals surface area contributed by atoms with E-state index >= 15 is 0 Å². The summed E-state index contributed by atoms with van der Waals surface area (Å²) >= 11 is 0. The molecule has 0 amide bonds. The molecule has 1 aliphatic carbocycles. The molecule has 3 fully saturated rings. The number of nitrogens with one attached hydrogen (secondary N) is 1. The second-order valence-electron chi connectivity index (χ2n) is 5.70. The first-order chi connectivity index (χ1) is 8.07. The van der Waals surface area contributed by atoms with Gasteiger partial charge < -0.3 is 19.2 Å². The van der Waals surface area contributed by atoms with Crippen molar-refractivity contribution in [2.45, 2.75) is 72.3 Å². The molecular weight excluding hydrogens is 444 g/mol. The molecule has 0 aromatic heterocycles. The summed E-state index contributed by atoms with van der Waals surface area (Å²) in [5.41, 5.74) is 0.750. The van der Waals surface area contributed by atoms with Crippen LogP contribution in [0.4, 0.5) is 0 Å². The molecule has 18 heavy (non-hydrogen) atoms. The molecule has 0 spiro atoms. The Morgan fingerprint density at radius 3 is 1.89 bits per heavy atom. The van der Waals surface area contributed by atoms with Gasteiger partial charge in [0.15, 0.2) is 0 Å². The van der Waals surface area contributed by atoms with Crippen molar-refractivity contribution >= 4 is 0 Å². The molecule has 1 unspecified atom stereocenters. The Bertz CT molecular complexity index is 168. The first kappa shape index (κ1) is 21.3. The molecule has 0 aromatic carbocycles. The van der Waals surface area contributed by atoms with Gasteiger partial charge in [0.05, 0.1) is 0 Å². The third-order valence-corrected chi connectivity index (χ3v) is 3.60. The van der Waals surface area contributed by atoms with Crippen LogP contribution in [0.5, 0.6) is 0 Å². The maximum absolute atomic E-state index is 3.56. The molecule has 0 radical (unpaired) electrons.